The average molecular weight is 282 g/mol. The van der Waals surface area contributed by atoms with E-state index < -0.39 is 5.97 Å². The smallest absolute Gasteiger partial charge is 0.345 e. The molecular weight excluding hydrogens is 260 g/mol. The Morgan fingerprint density at radius 2 is 2.16 bits per heavy atom. The van der Waals surface area contributed by atoms with Gasteiger partial charge < -0.3 is 14.9 Å². The number of aryl methyl sites for hydroxylation is 1. The number of rotatable bonds is 6. The van der Waals surface area contributed by atoms with Crippen LogP contribution in [0.25, 0.3) is 0 Å². The molecule has 0 bridgehead atoms. The predicted molar refractivity (Wildman–Crippen MR) is 78.0 cm³/mol. The van der Waals surface area contributed by atoms with Crippen LogP contribution in [-0.4, -0.2) is 54.1 Å². The van der Waals surface area contributed by atoms with Gasteiger partial charge in [0.1, 0.15) is 4.88 Å². The third kappa shape index (κ3) is 4.03. The molecule has 0 unspecified atom stereocenters. The fourth-order valence-corrected chi connectivity index (χ4v) is 3.34. The third-order valence-corrected chi connectivity index (χ3v) is 4.75. The molecule has 1 aliphatic heterocycles. The van der Waals surface area contributed by atoms with Crippen LogP contribution in [0.1, 0.15) is 33.0 Å². The number of likely N-dealkylation sites (N-methyl/N-ethyl adjacent to an activating group) is 1. The highest BCUT2D eigenvalue weighted by molar-refractivity contribution is 7.14. The Balaban J connectivity index is 1.83. The maximum absolute atomic E-state index is 10.9. The lowest BCUT2D eigenvalue weighted by Gasteiger charge is -2.21. The summed E-state index contributed by atoms with van der Waals surface area (Å²) in [6, 6.07) is 1.81. The zero-order valence-electron chi connectivity index (χ0n) is 11.7. The third-order valence-electron chi connectivity index (χ3n) is 3.67. The summed E-state index contributed by atoms with van der Waals surface area (Å²) < 4.78 is 0. The summed E-state index contributed by atoms with van der Waals surface area (Å²) in [5.41, 5.74) is 1.14. The molecule has 0 atom stereocenters. The molecule has 0 aromatic carbocycles. The molecule has 5 heteroatoms. The molecule has 1 saturated heterocycles. The summed E-state index contributed by atoms with van der Waals surface area (Å²) in [5, 5.41) is 8.99. The van der Waals surface area contributed by atoms with Crippen LogP contribution in [0.4, 0.5) is 0 Å². The first-order valence-corrected chi connectivity index (χ1v) is 7.61. The minimum Gasteiger partial charge on any atom is -0.477 e. The quantitative estimate of drug-likeness (QED) is 0.869. The van der Waals surface area contributed by atoms with E-state index in [-0.39, 0.29) is 0 Å². The molecule has 1 aromatic heterocycles. The minimum atomic E-state index is -0.820. The molecule has 2 rings (SSSR count). The molecule has 1 N–H and O–H groups in total. The van der Waals surface area contributed by atoms with Gasteiger partial charge in [-0.1, -0.05) is 0 Å². The highest BCUT2D eigenvalue weighted by Crippen LogP contribution is 2.22. The lowest BCUT2D eigenvalue weighted by molar-refractivity contribution is 0.0702. The zero-order valence-corrected chi connectivity index (χ0v) is 12.5. The first-order chi connectivity index (χ1) is 9.06. The van der Waals surface area contributed by atoms with Crippen molar-refractivity contribution in [1.29, 1.82) is 0 Å². The topological polar surface area (TPSA) is 43.8 Å². The van der Waals surface area contributed by atoms with Crippen molar-refractivity contribution in [3.05, 3.63) is 21.4 Å². The van der Waals surface area contributed by atoms with E-state index in [0.717, 1.165) is 30.1 Å². The molecule has 4 nitrogen and oxygen atoms in total. The number of hydrogen-bond donors (Lipinski definition) is 1. The number of nitrogens with zero attached hydrogens (tertiary/aromatic N) is 2. The summed E-state index contributed by atoms with van der Waals surface area (Å²) in [4.78, 5) is 17.3. The number of aromatic carboxylic acids is 1. The van der Waals surface area contributed by atoms with Crippen LogP contribution >= 0.6 is 11.3 Å². The molecule has 0 amide bonds. The Labute approximate surface area is 118 Å². The van der Waals surface area contributed by atoms with E-state index in [1.807, 2.05) is 13.0 Å². The average Bonchev–Trinajstić information content (AvgIpc) is 2.97. The summed E-state index contributed by atoms with van der Waals surface area (Å²) in [7, 11) is 2.10. The van der Waals surface area contributed by atoms with Crippen molar-refractivity contribution in [2.45, 2.75) is 26.3 Å². The first-order valence-electron chi connectivity index (χ1n) is 6.80. The van der Waals surface area contributed by atoms with Gasteiger partial charge in [0.05, 0.1) is 0 Å². The number of carboxylic acid groups (broad SMARTS) is 1. The van der Waals surface area contributed by atoms with Gasteiger partial charge >= 0.3 is 5.97 Å². The van der Waals surface area contributed by atoms with Crippen molar-refractivity contribution in [3.8, 4) is 0 Å². The van der Waals surface area contributed by atoms with Crippen molar-refractivity contribution in [1.82, 2.24) is 9.80 Å². The van der Waals surface area contributed by atoms with Gasteiger partial charge in [0, 0.05) is 24.5 Å². The van der Waals surface area contributed by atoms with Crippen LogP contribution in [0.5, 0.6) is 0 Å². The molecule has 0 aliphatic carbocycles. The van der Waals surface area contributed by atoms with Crippen LogP contribution in [0.15, 0.2) is 6.07 Å². The second-order valence-electron chi connectivity index (χ2n) is 5.28. The molecule has 19 heavy (non-hydrogen) atoms. The lowest BCUT2D eigenvalue weighted by Crippen LogP contribution is -2.31. The Morgan fingerprint density at radius 1 is 1.47 bits per heavy atom. The number of likely N-dealkylation sites (tertiary alicyclic amines) is 1. The van der Waals surface area contributed by atoms with Gasteiger partial charge in [0.15, 0.2) is 0 Å². The van der Waals surface area contributed by atoms with Crippen molar-refractivity contribution < 1.29 is 9.90 Å². The number of carboxylic acids is 1. The van der Waals surface area contributed by atoms with Crippen LogP contribution in [-0.2, 0) is 6.54 Å². The number of carbonyl (C=O) groups is 1. The minimum absolute atomic E-state index is 0.445. The van der Waals surface area contributed by atoms with E-state index in [2.05, 4.69) is 16.8 Å². The number of hydrogen-bond acceptors (Lipinski definition) is 4. The molecule has 106 valence electrons. The highest BCUT2D eigenvalue weighted by Gasteiger charge is 2.14. The van der Waals surface area contributed by atoms with Crippen molar-refractivity contribution in [2.75, 3.05) is 33.2 Å². The summed E-state index contributed by atoms with van der Waals surface area (Å²) in [5.74, 6) is -0.820. The standard InChI is InChI=1S/C14H22N2O2S/c1-11-12(9-13(19-11)14(17)18)10-15(2)7-8-16-5-3-4-6-16/h9H,3-8,10H2,1-2H3,(H,17,18). The Hall–Kier alpha value is -0.910. The maximum atomic E-state index is 10.9. The molecule has 2 heterocycles. The zero-order chi connectivity index (χ0) is 13.8. The van der Waals surface area contributed by atoms with E-state index >= 15 is 0 Å². The fraction of sp³-hybridized carbons (Fsp3) is 0.643. The molecule has 1 fully saturated rings. The molecule has 0 radical (unpaired) electrons. The van der Waals surface area contributed by atoms with Crippen LogP contribution in [0.2, 0.25) is 0 Å². The number of thiophene rings is 1. The summed E-state index contributed by atoms with van der Waals surface area (Å²) in [6.45, 7) is 7.45. The van der Waals surface area contributed by atoms with E-state index in [4.69, 9.17) is 5.11 Å². The molecule has 1 aliphatic rings. The van der Waals surface area contributed by atoms with Gasteiger partial charge in [0.25, 0.3) is 0 Å². The fourth-order valence-electron chi connectivity index (χ4n) is 2.47. The van der Waals surface area contributed by atoms with Gasteiger partial charge in [-0.05, 0) is 51.5 Å². The van der Waals surface area contributed by atoms with Crippen LogP contribution in [0, 0.1) is 6.92 Å². The molecular formula is C14H22N2O2S. The monoisotopic (exact) mass is 282 g/mol. The second-order valence-corrected chi connectivity index (χ2v) is 6.54. The van der Waals surface area contributed by atoms with Crippen LogP contribution in [0.3, 0.4) is 0 Å². The Kier molecular flexibility index (Phi) is 4.96. The van der Waals surface area contributed by atoms with Crippen LogP contribution < -0.4 is 0 Å². The largest absolute Gasteiger partial charge is 0.477 e. The highest BCUT2D eigenvalue weighted by atomic mass is 32.1. The van der Waals surface area contributed by atoms with Crippen molar-refractivity contribution in [2.24, 2.45) is 0 Å². The predicted octanol–water partition coefficient (Wildman–Crippen LogP) is 2.28. The first kappa shape index (κ1) is 14.5. The molecule has 0 spiro atoms. The van der Waals surface area contributed by atoms with Gasteiger partial charge in [-0.3, -0.25) is 0 Å². The van der Waals surface area contributed by atoms with E-state index in [1.54, 1.807) is 0 Å². The summed E-state index contributed by atoms with van der Waals surface area (Å²) in [6.07, 6.45) is 2.66. The van der Waals surface area contributed by atoms with Crippen molar-refractivity contribution in [3.63, 3.8) is 0 Å². The van der Waals surface area contributed by atoms with E-state index in [0.29, 0.717) is 4.88 Å². The SMILES string of the molecule is Cc1sc(C(=O)O)cc1CN(C)CCN1CCCC1. The van der Waals surface area contributed by atoms with Gasteiger partial charge in [-0.15, -0.1) is 11.3 Å². The molecule has 0 saturated carbocycles. The normalized spacial score (nSPS) is 16.4. The maximum Gasteiger partial charge on any atom is 0.345 e. The second kappa shape index (κ2) is 6.50. The lowest BCUT2D eigenvalue weighted by atomic mass is 10.2. The van der Waals surface area contributed by atoms with Gasteiger partial charge in [-0.2, -0.15) is 0 Å². The molecule has 1 aromatic rings. The summed E-state index contributed by atoms with van der Waals surface area (Å²) >= 11 is 1.37. The Bertz CT molecular complexity index is 439. The Morgan fingerprint density at radius 3 is 2.74 bits per heavy atom. The van der Waals surface area contributed by atoms with Gasteiger partial charge in [0.2, 0.25) is 0 Å². The van der Waals surface area contributed by atoms with Gasteiger partial charge in [-0.25, -0.2) is 4.79 Å². The van der Waals surface area contributed by atoms with E-state index in [1.165, 1.54) is 37.3 Å². The van der Waals surface area contributed by atoms with E-state index in [9.17, 15) is 4.79 Å². The van der Waals surface area contributed by atoms with Crippen molar-refractivity contribution >= 4 is 17.3 Å².